The van der Waals surface area contributed by atoms with Crippen LogP contribution in [-0.2, 0) is 17.9 Å². The van der Waals surface area contributed by atoms with Gasteiger partial charge in [-0.1, -0.05) is 30.3 Å². The van der Waals surface area contributed by atoms with Crippen LogP contribution in [0, 0.1) is 12.8 Å². The molecule has 126 valence electrons. The van der Waals surface area contributed by atoms with Gasteiger partial charge in [0.2, 0.25) is 5.91 Å². The quantitative estimate of drug-likeness (QED) is 0.919. The van der Waals surface area contributed by atoms with Crippen molar-refractivity contribution in [3.63, 3.8) is 0 Å². The number of aliphatic hydroxyl groups excluding tert-OH is 1. The van der Waals surface area contributed by atoms with Crippen LogP contribution in [0.2, 0.25) is 0 Å². The summed E-state index contributed by atoms with van der Waals surface area (Å²) in [5, 5.41) is 10.1. The fourth-order valence-electron chi connectivity index (χ4n) is 3.38. The second-order valence-electron chi connectivity index (χ2n) is 6.59. The topological polar surface area (TPSA) is 53.4 Å². The van der Waals surface area contributed by atoms with Gasteiger partial charge < -0.3 is 10.0 Å². The minimum atomic E-state index is -0.509. The van der Waals surface area contributed by atoms with Gasteiger partial charge in [0, 0.05) is 25.5 Å². The molecule has 1 aromatic heterocycles. The summed E-state index contributed by atoms with van der Waals surface area (Å²) in [4.78, 5) is 19.0. The molecule has 3 rings (SSSR count). The highest BCUT2D eigenvalue weighted by atomic mass is 16.3. The molecular weight excluding hydrogens is 300 g/mol. The number of rotatable bonds is 5. The van der Waals surface area contributed by atoms with Crippen LogP contribution in [-0.4, -0.2) is 27.0 Å². The molecule has 2 unspecified atom stereocenters. The summed E-state index contributed by atoms with van der Waals surface area (Å²) in [6, 6.07) is 12.0. The van der Waals surface area contributed by atoms with Gasteiger partial charge in [0.1, 0.15) is 0 Å². The van der Waals surface area contributed by atoms with Crippen molar-refractivity contribution in [2.24, 2.45) is 5.92 Å². The SMILES string of the molecule is Cc1ccccc1CN(Cc1cccnc1)C(=O)C1CCCC1O. The molecule has 0 bridgehead atoms. The Labute approximate surface area is 143 Å². The summed E-state index contributed by atoms with van der Waals surface area (Å²) in [6.45, 7) is 3.14. The van der Waals surface area contributed by atoms with Crippen LogP contribution in [0.4, 0.5) is 0 Å². The van der Waals surface area contributed by atoms with E-state index in [0.29, 0.717) is 13.1 Å². The second kappa shape index (κ2) is 7.58. The molecule has 0 aliphatic heterocycles. The molecule has 1 heterocycles. The zero-order chi connectivity index (χ0) is 16.9. The molecule has 1 aliphatic rings. The van der Waals surface area contributed by atoms with Gasteiger partial charge in [-0.25, -0.2) is 0 Å². The zero-order valence-corrected chi connectivity index (χ0v) is 14.1. The summed E-state index contributed by atoms with van der Waals surface area (Å²) in [5.41, 5.74) is 3.32. The lowest BCUT2D eigenvalue weighted by Gasteiger charge is -2.27. The van der Waals surface area contributed by atoms with Crippen molar-refractivity contribution in [3.8, 4) is 0 Å². The zero-order valence-electron chi connectivity index (χ0n) is 14.1. The highest BCUT2D eigenvalue weighted by molar-refractivity contribution is 5.79. The van der Waals surface area contributed by atoms with E-state index in [4.69, 9.17) is 0 Å². The largest absolute Gasteiger partial charge is 0.392 e. The molecule has 2 aromatic rings. The van der Waals surface area contributed by atoms with Crippen LogP contribution >= 0.6 is 0 Å². The van der Waals surface area contributed by atoms with Crippen molar-refractivity contribution in [2.75, 3.05) is 0 Å². The molecule has 1 amide bonds. The number of hydrogen-bond acceptors (Lipinski definition) is 3. The standard InChI is InChI=1S/C20H24N2O2/c1-15-6-2-3-8-17(15)14-22(13-16-7-5-11-21-12-16)20(24)18-9-4-10-19(18)23/h2-3,5-8,11-12,18-19,23H,4,9-10,13-14H2,1H3. The molecule has 1 aliphatic carbocycles. The van der Waals surface area contributed by atoms with E-state index in [2.05, 4.69) is 24.0 Å². The van der Waals surface area contributed by atoms with Crippen molar-refractivity contribution < 1.29 is 9.90 Å². The second-order valence-corrected chi connectivity index (χ2v) is 6.59. The minimum Gasteiger partial charge on any atom is -0.392 e. The van der Waals surface area contributed by atoms with Crippen LogP contribution in [0.15, 0.2) is 48.8 Å². The van der Waals surface area contributed by atoms with Crippen molar-refractivity contribution >= 4 is 5.91 Å². The Morgan fingerprint density at radius 3 is 2.71 bits per heavy atom. The van der Waals surface area contributed by atoms with Gasteiger partial charge in [0.05, 0.1) is 12.0 Å². The van der Waals surface area contributed by atoms with Crippen molar-refractivity contribution in [1.82, 2.24) is 9.88 Å². The van der Waals surface area contributed by atoms with E-state index in [0.717, 1.165) is 30.4 Å². The van der Waals surface area contributed by atoms with Crippen LogP contribution in [0.3, 0.4) is 0 Å². The Morgan fingerprint density at radius 2 is 2.04 bits per heavy atom. The van der Waals surface area contributed by atoms with E-state index < -0.39 is 6.10 Å². The van der Waals surface area contributed by atoms with Gasteiger partial charge in [0.25, 0.3) is 0 Å². The monoisotopic (exact) mass is 324 g/mol. The molecule has 2 atom stereocenters. The first-order valence-electron chi connectivity index (χ1n) is 8.55. The number of hydrogen-bond donors (Lipinski definition) is 1. The van der Waals surface area contributed by atoms with E-state index in [9.17, 15) is 9.90 Å². The van der Waals surface area contributed by atoms with E-state index in [1.54, 1.807) is 12.4 Å². The lowest BCUT2D eigenvalue weighted by molar-refractivity contribution is -0.139. The van der Waals surface area contributed by atoms with Gasteiger partial charge in [-0.15, -0.1) is 0 Å². The lowest BCUT2D eigenvalue weighted by atomic mass is 10.0. The summed E-state index contributed by atoms with van der Waals surface area (Å²) in [5.74, 6) is -0.224. The molecule has 1 N–H and O–H groups in total. The Bertz CT molecular complexity index is 687. The number of aliphatic hydroxyl groups is 1. The van der Waals surface area contributed by atoms with Crippen molar-refractivity contribution in [3.05, 3.63) is 65.5 Å². The summed E-state index contributed by atoms with van der Waals surface area (Å²) < 4.78 is 0. The van der Waals surface area contributed by atoms with Gasteiger partial charge in [-0.2, -0.15) is 0 Å². The van der Waals surface area contributed by atoms with Crippen molar-refractivity contribution in [2.45, 2.75) is 45.4 Å². The molecule has 4 heteroatoms. The number of aryl methyl sites for hydroxylation is 1. The van der Waals surface area contributed by atoms with E-state index in [-0.39, 0.29) is 11.8 Å². The molecular formula is C20H24N2O2. The normalized spacial score (nSPS) is 20.1. The third-order valence-electron chi connectivity index (χ3n) is 4.83. The highest BCUT2D eigenvalue weighted by Crippen LogP contribution is 2.28. The number of aromatic nitrogens is 1. The number of carbonyl (C=O) groups excluding carboxylic acids is 1. The number of nitrogens with zero attached hydrogens (tertiary/aromatic N) is 2. The maximum atomic E-state index is 13.0. The Balaban J connectivity index is 1.83. The summed E-state index contributed by atoms with van der Waals surface area (Å²) in [7, 11) is 0. The smallest absolute Gasteiger partial charge is 0.228 e. The molecule has 1 fully saturated rings. The molecule has 0 saturated heterocycles. The Morgan fingerprint density at radius 1 is 1.21 bits per heavy atom. The van der Waals surface area contributed by atoms with E-state index in [1.165, 1.54) is 5.56 Å². The summed E-state index contributed by atoms with van der Waals surface area (Å²) >= 11 is 0. The first-order chi connectivity index (χ1) is 11.6. The van der Waals surface area contributed by atoms with Gasteiger partial charge >= 0.3 is 0 Å². The maximum Gasteiger partial charge on any atom is 0.228 e. The Hall–Kier alpha value is -2.20. The van der Waals surface area contributed by atoms with Crippen molar-refractivity contribution in [1.29, 1.82) is 0 Å². The average Bonchev–Trinajstić information content (AvgIpc) is 3.02. The number of carbonyl (C=O) groups is 1. The fraction of sp³-hybridized carbons (Fsp3) is 0.400. The van der Waals surface area contributed by atoms with Crippen LogP contribution in [0.5, 0.6) is 0 Å². The molecule has 1 aromatic carbocycles. The highest BCUT2D eigenvalue weighted by Gasteiger charge is 2.34. The number of benzene rings is 1. The van der Waals surface area contributed by atoms with Crippen LogP contribution in [0.25, 0.3) is 0 Å². The molecule has 1 saturated carbocycles. The first-order valence-corrected chi connectivity index (χ1v) is 8.55. The summed E-state index contributed by atoms with van der Waals surface area (Å²) in [6.07, 6.45) is 5.44. The van der Waals surface area contributed by atoms with Crippen LogP contribution in [0.1, 0.15) is 36.0 Å². The molecule has 24 heavy (non-hydrogen) atoms. The maximum absolute atomic E-state index is 13.0. The predicted molar refractivity (Wildman–Crippen MR) is 93.0 cm³/mol. The fourth-order valence-corrected chi connectivity index (χ4v) is 3.38. The minimum absolute atomic E-state index is 0.0482. The Kier molecular flexibility index (Phi) is 5.26. The third-order valence-corrected chi connectivity index (χ3v) is 4.83. The number of amides is 1. The number of pyridine rings is 1. The lowest BCUT2D eigenvalue weighted by Crippen LogP contribution is -2.38. The van der Waals surface area contributed by atoms with Gasteiger partial charge in [-0.3, -0.25) is 9.78 Å². The molecule has 0 spiro atoms. The van der Waals surface area contributed by atoms with E-state index in [1.807, 2.05) is 29.2 Å². The van der Waals surface area contributed by atoms with Gasteiger partial charge in [0.15, 0.2) is 0 Å². The third kappa shape index (κ3) is 3.82. The molecule has 4 nitrogen and oxygen atoms in total. The first kappa shape index (κ1) is 16.7. The average molecular weight is 324 g/mol. The van der Waals surface area contributed by atoms with Gasteiger partial charge in [-0.05, 0) is 48.9 Å². The van der Waals surface area contributed by atoms with Crippen LogP contribution < -0.4 is 0 Å². The predicted octanol–water partition coefficient (Wildman–Crippen LogP) is 3.08. The van der Waals surface area contributed by atoms with E-state index >= 15 is 0 Å². The molecule has 0 radical (unpaired) electrons.